The summed E-state index contributed by atoms with van der Waals surface area (Å²) < 4.78 is 0. The summed E-state index contributed by atoms with van der Waals surface area (Å²) in [5.41, 5.74) is 1.60. The van der Waals surface area contributed by atoms with Gasteiger partial charge in [-0.1, -0.05) is 12.1 Å². The van der Waals surface area contributed by atoms with E-state index in [1.807, 2.05) is 18.2 Å². The standard InChI is InChI=1S/C15H17N3O4/c19-13-14(20)18(5-4-16-13)11-3-1-2-9(6-11)12-7-10(8-17-12)15(21)22/h1-3,6,10,12,17H,4-5,7-8H2,(H,16,19)(H,21,22). The molecule has 3 rings (SSSR count). The molecule has 2 saturated heterocycles. The molecule has 0 radical (unpaired) electrons. The number of amides is 2. The first-order chi connectivity index (χ1) is 10.6. The summed E-state index contributed by atoms with van der Waals surface area (Å²) in [6.07, 6.45) is 0.521. The predicted octanol–water partition coefficient (Wildman–Crippen LogP) is -0.115. The van der Waals surface area contributed by atoms with Crippen molar-refractivity contribution < 1.29 is 19.5 Å². The number of nitrogens with one attached hydrogen (secondary N) is 2. The second kappa shape index (κ2) is 5.76. The summed E-state index contributed by atoms with van der Waals surface area (Å²) in [4.78, 5) is 35.9. The number of piperazine rings is 1. The Hall–Kier alpha value is -2.41. The molecule has 2 atom stereocenters. The lowest BCUT2D eigenvalue weighted by Crippen LogP contribution is -2.52. The lowest BCUT2D eigenvalue weighted by atomic mass is 9.99. The zero-order valence-corrected chi connectivity index (χ0v) is 11.9. The van der Waals surface area contributed by atoms with Crippen molar-refractivity contribution >= 4 is 23.5 Å². The fourth-order valence-electron chi connectivity index (χ4n) is 2.91. The van der Waals surface area contributed by atoms with Gasteiger partial charge in [0.15, 0.2) is 0 Å². The molecule has 1 aromatic rings. The third-order valence-corrected chi connectivity index (χ3v) is 4.12. The van der Waals surface area contributed by atoms with Crippen molar-refractivity contribution in [2.75, 3.05) is 24.5 Å². The highest BCUT2D eigenvalue weighted by molar-refractivity contribution is 6.41. The lowest BCUT2D eigenvalue weighted by Gasteiger charge is -2.27. The molecule has 2 heterocycles. The number of carboxylic acid groups (broad SMARTS) is 1. The minimum atomic E-state index is -0.797. The molecule has 2 aliphatic rings. The van der Waals surface area contributed by atoms with Gasteiger partial charge in [-0.15, -0.1) is 0 Å². The summed E-state index contributed by atoms with van der Waals surface area (Å²) in [5, 5.41) is 14.8. The molecule has 3 N–H and O–H groups in total. The number of carbonyl (C=O) groups is 3. The fraction of sp³-hybridized carbons (Fsp3) is 0.400. The van der Waals surface area contributed by atoms with E-state index in [0.717, 1.165) is 5.56 Å². The highest BCUT2D eigenvalue weighted by Crippen LogP contribution is 2.29. The lowest BCUT2D eigenvalue weighted by molar-refractivity contribution is -0.141. The number of nitrogens with zero attached hydrogens (tertiary/aromatic N) is 1. The van der Waals surface area contributed by atoms with Crippen LogP contribution in [-0.2, 0) is 14.4 Å². The van der Waals surface area contributed by atoms with Crippen molar-refractivity contribution in [3.05, 3.63) is 29.8 Å². The van der Waals surface area contributed by atoms with E-state index in [9.17, 15) is 14.4 Å². The molecule has 0 saturated carbocycles. The van der Waals surface area contributed by atoms with Crippen molar-refractivity contribution in [3.63, 3.8) is 0 Å². The van der Waals surface area contributed by atoms with Crippen LogP contribution in [0, 0.1) is 5.92 Å². The maximum absolute atomic E-state index is 11.9. The first-order valence-electron chi connectivity index (χ1n) is 7.22. The Morgan fingerprint density at radius 3 is 2.86 bits per heavy atom. The topological polar surface area (TPSA) is 98.7 Å². The van der Waals surface area contributed by atoms with Gasteiger partial charge in [-0.2, -0.15) is 0 Å². The van der Waals surface area contributed by atoms with E-state index in [0.29, 0.717) is 31.7 Å². The Bertz CT molecular complexity index is 631. The Balaban J connectivity index is 1.80. The average Bonchev–Trinajstić information content (AvgIpc) is 3.00. The Kier molecular flexibility index (Phi) is 3.81. The largest absolute Gasteiger partial charge is 0.481 e. The van der Waals surface area contributed by atoms with Crippen LogP contribution in [0.4, 0.5) is 5.69 Å². The molecule has 0 bridgehead atoms. The molecule has 1 aromatic carbocycles. The van der Waals surface area contributed by atoms with Crippen molar-refractivity contribution in [3.8, 4) is 0 Å². The number of aliphatic carboxylic acids is 1. The van der Waals surface area contributed by atoms with Crippen molar-refractivity contribution in [1.82, 2.24) is 10.6 Å². The van der Waals surface area contributed by atoms with Crippen LogP contribution in [0.5, 0.6) is 0 Å². The second-order valence-electron chi connectivity index (χ2n) is 5.54. The molecule has 2 aliphatic heterocycles. The van der Waals surface area contributed by atoms with Gasteiger partial charge in [-0.3, -0.25) is 14.4 Å². The predicted molar refractivity (Wildman–Crippen MR) is 78.3 cm³/mol. The van der Waals surface area contributed by atoms with Gasteiger partial charge in [-0.25, -0.2) is 0 Å². The van der Waals surface area contributed by atoms with Gasteiger partial charge in [0.05, 0.1) is 5.92 Å². The molecule has 7 nitrogen and oxygen atoms in total. The zero-order chi connectivity index (χ0) is 15.7. The van der Waals surface area contributed by atoms with E-state index in [4.69, 9.17) is 5.11 Å². The van der Waals surface area contributed by atoms with E-state index in [1.165, 1.54) is 4.90 Å². The van der Waals surface area contributed by atoms with Gasteiger partial charge in [-0.05, 0) is 24.1 Å². The van der Waals surface area contributed by atoms with Gasteiger partial charge in [0.2, 0.25) is 0 Å². The molecule has 2 amide bonds. The number of rotatable bonds is 3. The number of benzene rings is 1. The van der Waals surface area contributed by atoms with Gasteiger partial charge in [0.1, 0.15) is 0 Å². The maximum atomic E-state index is 11.9. The van der Waals surface area contributed by atoms with E-state index in [2.05, 4.69) is 10.6 Å². The summed E-state index contributed by atoms with van der Waals surface area (Å²) in [6, 6.07) is 7.30. The van der Waals surface area contributed by atoms with Crippen LogP contribution in [0.2, 0.25) is 0 Å². The molecule has 116 valence electrons. The van der Waals surface area contributed by atoms with Crippen LogP contribution in [0.3, 0.4) is 0 Å². The summed E-state index contributed by atoms with van der Waals surface area (Å²) in [6.45, 7) is 1.30. The van der Waals surface area contributed by atoms with E-state index < -0.39 is 23.7 Å². The quantitative estimate of drug-likeness (QED) is 0.676. The maximum Gasteiger partial charge on any atom is 0.316 e. The minimum absolute atomic E-state index is 0.0465. The van der Waals surface area contributed by atoms with Crippen LogP contribution in [0.1, 0.15) is 18.0 Å². The molecule has 0 aromatic heterocycles. The molecule has 2 fully saturated rings. The monoisotopic (exact) mass is 303 g/mol. The molecule has 2 unspecified atom stereocenters. The van der Waals surface area contributed by atoms with Crippen molar-refractivity contribution in [2.45, 2.75) is 12.5 Å². The normalized spacial score (nSPS) is 25.2. The van der Waals surface area contributed by atoms with Crippen LogP contribution < -0.4 is 15.5 Å². The average molecular weight is 303 g/mol. The van der Waals surface area contributed by atoms with Crippen molar-refractivity contribution in [1.29, 1.82) is 0 Å². The fourth-order valence-corrected chi connectivity index (χ4v) is 2.91. The van der Waals surface area contributed by atoms with Crippen LogP contribution in [0.15, 0.2) is 24.3 Å². The third kappa shape index (κ3) is 2.67. The number of anilines is 1. The van der Waals surface area contributed by atoms with Crippen LogP contribution in [-0.4, -0.2) is 42.5 Å². The third-order valence-electron chi connectivity index (χ3n) is 4.12. The van der Waals surface area contributed by atoms with E-state index in [1.54, 1.807) is 6.07 Å². The minimum Gasteiger partial charge on any atom is -0.481 e. The number of hydrogen-bond donors (Lipinski definition) is 3. The van der Waals surface area contributed by atoms with Gasteiger partial charge < -0.3 is 20.6 Å². The molecule has 0 spiro atoms. The smallest absolute Gasteiger partial charge is 0.316 e. The number of carbonyl (C=O) groups excluding carboxylic acids is 2. The highest BCUT2D eigenvalue weighted by Gasteiger charge is 2.31. The molecular formula is C15H17N3O4. The second-order valence-corrected chi connectivity index (χ2v) is 5.54. The van der Waals surface area contributed by atoms with Gasteiger partial charge in [0.25, 0.3) is 0 Å². The summed E-state index contributed by atoms with van der Waals surface area (Å²) in [7, 11) is 0. The first kappa shape index (κ1) is 14.5. The Morgan fingerprint density at radius 2 is 2.14 bits per heavy atom. The van der Waals surface area contributed by atoms with Gasteiger partial charge in [0, 0.05) is 31.4 Å². The van der Waals surface area contributed by atoms with Gasteiger partial charge >= 0.3 is 17.8 Å². The molecule has 22 heavy (non-hydrogen) atoms. The van der Waals surface area contributed by atoms with E-state index in [-0.39, 0.29) is 6.04 Å². The Labute approximate surface area is 127 Å². The highest BCUT2D eigenvalue weighted by atomic mass is 16.4. The van der Waals surface area contributed by atoms with Crippen LogP contribution >= 0.6 is 0 Å². The Morgan fingerprint density at radius 1 is 1.32 bits per heavy atom. The summed E-state index contributed by atoms with van der Waals surface area (Å²) >= 11 is 0. The van der Waals surface area contributed by atoms with Crippen molar-refractivity contribution in [2.24, 2.45) is 5.92 Å². The van der Waals surface area contributed by atoms with Crippen LogP contribution in [0.25, 0.3) is 0 Å². The number of carboxylic acids is 1. The SMILES string of the molecule is O=C1NCCN(c2cccc(C3CC(C(=O)O)CN3)c2)C1=O. The first-order valence-corrected chi connectivity index (χ1v) is 7.22. The summed E-state index contributed by atoms with van der Waals surface area (Å²) in [5.74, 6) is -2.35. The molecular weight excluding hydrogens is 286 g/mol. The molecule has 7 heteroatoms. The molecule has 0 aliphatic carbocycles. The zero-order valence-electron chi connectivity index (χ0n) is 11.9. The number of hydrogen-bond acceptors (Lipinski definition) is 4. The van der Waals surface area contributed by atoms with E-state index >= 15 is 0 Å².